The minimum absolute atomic E-state index is 0.114. The van der Waals surface area contributed by atoms with Crippen LogP contribution in [0.2, 0.25) is 0 Å². The molecule has 0 spiro atoms. The molecule has 0 unspecified atom stereocenters. The summed E-state index contributed by atoms with van der Waals surface area (Å²) in [6.07, 6.45) is 1.98. The molecule has 1 heterocycles. The van der Waals surface area contributed by atoms with Gasteiger partial charge in [-0.15, -0.1) is 0 Å². The van der Waals surface area contributed by atoms with E-state index < -0.39 is 0 Å². The summed E-state index contributed by atoms with van der Waals surface area (Å²) < 4.78 is 0. The van der Waals surface area contributed by atoms with Crippen LogP contribution in [0, 0.1) is 0 Å². The summed E-state index contributed by atoms with van der Waals surface area (Å²) in [6, 6.07) is 14.8. The first-order valence-electron chi connectivity index (χ1n) is 6.82. The van der Waals surface area contributed by atoms with E-state index in [1.54, 1.807) is 23.1 Å². The van der Waals surface area contributed by atoms with Crippen molar-refractivity contribution in [3.63, 3.8) is 0 Å². The quantitative estimate of drug-likeness (QED) is 0.907. The van der Waals surface area contributed by atoms with Crippen LogP contribution in [0.4, 0.5) is 11.5 Å². The van der Waals surface area contributed by atoms with E-state index in [-0.39, 0.29) is 5.91 Å². The van der Waals surface area contributed by atoms with Gasteiger partial charge in [-0.1, -0.05) is 37.6 Å². The number of carbonyl (C=O) groups is 1. The van der Waals surface area contributed by atoms with Crippen LogP contribution in [0.25, 0.3) is 0 Å². The van der Waals surface area contributed by atoms with Gasteiger partial charge in [-0.25, -0.2) is 4.98 Å². The molecule has 0 atom stereocenters. The minimum atomic E-state index is -0.114. The van der Waals surface area contributed by atoms with Crippen molar-refractivity contribution in [3.05, 3.63) is 54.2 Å². The summed E-state index contributed by atoms with van der Waals surface area (Å²) in [4.78, 5) is 18.5. The Balaban J connectivity index is 2.29. The summed E-state index contributed by atoms with van der Waals surface area (Å²) in [6.45, 7) is 2.78. The molecule has 0 aliphatic rings. The number of anilines is 2. The molecule has 2 aromatic rings. The molecular formula is C16H19N3O. The second-order valence-electron chi connectivity index (χ2n) is 4.59. The number of carbonyl (C=O) groups excluding carboxylic acids is 1. The third-order valence-corrected chi connectivity index (χ3v) is 3.04. The number of benzene rings is 1. The molecule has 1 amide bonds. The number of rotatable bonds is 5. The maximum Gasteiger partial charge on any atom is 0.276 e. The van der Waals surface area contributed by atoms with Crippen LogP contribution >= 0.6 is 0 Å². The number of nitrogens with zero attached hydrogens (tertiary/aromatic N) is 2. The number of pyridine rings is 1. The maximum atomic E-state index is 12.6. The highest BCUT2D eigenvalue weighted by molar-refractivity contribution is 6.04. The predicted octanol–water partition coefficient (Wildman–Crippen LogP) is 3.11. The Morgan fingerprint density at radius 2 is 1.90 bits per heavy atom. The fourth-order valence-electron chi connectivity index (χ4n) is 1.98. The fourth-order valence-corrected chi connectivity index (χ4v) is 1.98. The van der Waals surface area contributed by atoms with Gasteiger partial charge in [0.2, 0.25) is 0 Å². The van der Waals surface area contributed by atoms with Crippen LogP contribution in [0.1, 0.15) is 30.3 Å². The topological polar surface area (TPSA) is 59.2 Å². The lowest BCUT2D eigenvalue weighted by Gasteiger charge is -2.22. The lowest BCUT2D eigenvalue weighted by Crippen LogP contribution is -2.32. The smallest absolute Gasteiger partial charge is 0.276 e. The summed E-state index contributed by atoms with van der Waals surface area (Å²) in [5.74, 6) is 0.247. The fraction of sp³-hybridized carbons (Fsp3) is 0.250. The van der Waals surface area contributed by atoms with Crippen molar-refractivity contribution in [2.24, 2.45) is 0 Å². The van der Waals surface area contributed by atoms with Crippen molar-refractivity contribution in [3.8, 4) is 0 Å². The first-order valence-corrected chi connectivity index (χ1v) is 6.82. The number of aromatic nitrogens is 1. The molecule has 4 nitrogen and oxygen atoms in total. The lowest BCUT2D eigenvalue weighted by molar-refractivity contribution is 0.0982. The molecule has 4 heteroatoms. The highest BCUT2D eigenvalue weighted by atomic mass is 16.2. The standard InChI is InChI=1S/C16H19N3O/c1-2-3-12-19(13-8-5-4-6-9-13)16(20)14-10-7-11-15(17)18-14/h4-11H,2-3,12H2,1H3,(H2,17,18). The van der Waals surface area contributed by atoms with Crippen molar-refractivity contribution in [1.29, 1.82) is 0 Å². The van der Waals surface area contributed by atoms with E-state index in [1.165, 1.54) is 0 Å². The summed E-state index contributed by atoms with van der Waals surface area (Å²) >= 11 is 0. The molecule has 104 valence electrons. The molecule has 20 heavy (non-hydrogen) atoms. The first-order chi connectivity index (χ1) is 9.72. The second kappa shape index (κ2) is 6.70. The number of nitrogens with two attached hydrogens (primary N) is 1. The van der Waals surface area contributed by atoms with Gasteiger partial charge in [-0.3, -0.25) is 4.79 Å². The average Bonchev–Trinajstić information content (AvgIpc) is 2.48. The van der Waals surface area contributed by atoms with Crippen LogP contribution in [0.15, 0.2) is 48.5 Å². The van der Waals surface area contributed by atoms with Gasteiger partial charge in [0, 0.05) is 12.2 Å². The molecule has 1 aromatic carbocycles. The van der Waals surface area contributed by atoms with Crippen molar-refractivity contribution in [2.75, 3.05) is 17.2 Å². The predicted molar refractivity (Wildman–Crippen MR) is 81.7 cm³/mol. The van der Waals surface area contributed by atoms with Gasteiger partial charge in [0.1, 0.15) is 11.5 Å². The van der Waals surface area contributed by atoms with E-state index >= 15 is 0 Å². The van der Waals surface area contributed by atoms with E-state index in [9.17, 15) is 4.79 Å². The average molecular weight is 269 g/mol. The van der Waals surface area contributed by atoms with Crippen molar-refractivity contribution < 1.29 is 4.79 Å². The van der Waals surface area contributed by atoms with Gasteiger partial charge in [0.15, 0.2) is 0 Å². The zero-order chi connectivity index (χ0) is 14.4. The van der Waals surface area contributed by atoms with Gasteiger partial charge in [-0.05, 0) is 30.7 Å². The molecule has 0 bridgehead atoms. The molecule has 0 radical (unpaired) electrons. The Bertz CT molecular complexity index is 569. The van der Waals surface area contributed by atoms with E-state index in [0.717, 1.165) is 18.5 Å². The maximum absolute atomic E-state index is 12.6. The van der Waals surface area contributed by atoms with Crippen LogP contribution < -0.4 is 10.6 Å². The molecule has 2 N–H and O–H groups in total. The second-order valence-corrected chi connectivity index (χ2v) is 4.59. The SMILES string of the molecule is CCCCN(C(=O)c1cccc(N)n1)c1ccccc1. The normalized spacial score (nSPS) is 10.2. The van der Waals surface area contributed by atoms with Crippen LogP contribution in [-0.2, 0) is 0 Å². The van der Waals surface area contributed by atoms with Gasteiger partial charge in [0.05, 0.1) is 0 Å². The lowest BCUT2D eigenvalue weighted by atomic mass is 10.2. The Kier molecular flexibility index (Phi) is 4.71. The Hall–Kier alpha value is -2.36. The monoisotopic (exact) mass is 269 g/mol. The zero-order valence-electron chi connectivity index (χ0n) is 11.6. The van der Waals surface area contributed by atoms with Crippen molar-refractivity contribution >= 4 is 17.4 Å². The number of amides is 1. The number of hydrogen-bond donors (Lipinski definition) is 1. The van der Waals surface area contributed by atoms with Gasteiger partial charge in [-0.2, -0.15) is 0 Å². The van der Waals surface area contributed by atoms with Crippen LogP contribution in [0.5, 0.6) is 0 Å². The van der Waals surface area contributed by atoms with Gasteiger partial charge >= 0.3 is 0 Å². The van der Waals surface area contributed by atoms with Gasteiger partial charge < -0.3 is 10.6 Å². The van der Waals surface area contributed by atoms with E-state index in [0.29, 0.717) is 18.1 Å². The third kappa shape index (κ3) is 3.35. The Morgan fingerprint density at radius 1 is 1.15 bits per heavy atom. The zero-order valence-corrected chi connectivity index (χ0v) is 11.6. The highest BCUT2D eigenvalue weighted by Gasteiger charge is 2.18. The molecule has 2 rings (SSSR count). The van der Waals surface area contributed by atoms with Crippen LogP contribution in [-0.4, -0.2) is 17.4 Å². The van der Waals surface area contributed by atoms with Crippen molar-refractivity contribution in [2.45, 2.75) is 19.8 Å². The first kappa shape index (κ1) is 14.1. The van der Waals surface area contributed by atoms with E-state index in [4.69, 9.17) is 5.73 Å². The molecule has 0 saturated carbocycles. The van der Waals surface area contributed by atoms with E-state index in [2.05, 4.69) is 11.9 Å². The largest absolute Gasteiger partial charge is 0.384 e. The number of unbranched alkanes of at least 4 members (excludes halogenated alkanes) is 1. The molecule has 0 aliphatic carbocycles. The number of para-hydroxylation sites is 1. The molecule has 0 aliphatic heterocycles. The molecule has 0 saturated heterocycles. The van der Waals surface area contributed by atoms with Crippen LogP contribution in [0.3, 0.4) is 0 Å². The molecule has 1 aromatic heterocycles. The third-order valence-electron chi connectivity index (χ3n) is 3.04. The molecular weight excluding hydrogens is 250 g/mol. The highest BCUT2D eigenvalue weighted by Crippen LogP contribution is 2.17. The summed E-state index contributed by atoms with van der Waals surface area (Å²) in [7, 11) is 0. The minimum Gasteiger partial charge on any atom is -0.384 e. The summed E-state index contributed by atoms with van der Waals surface area (Å²) in [5, 5.41) is 0. The number of hydrogen-bond acceptors (Lipinski definition) is 3. The number of nitrogen functional groups attached to an aromatic ring is 1. The molecule has 0 fully saturated rings. The van der Waals surface area contributed by atoms with Crippen molar-refractivity contribution in [1.82, 2.24) is 4.98 Å². The van der Waals surface area contributed by atoms with E-state index in [1.807, 2.05) is 30.3 Å². The Morgan fingerprint density at radius 3 is 2.55 bits per heavy atom. The summed E-state index contributed by atoms with van der Waals surface area (Å²) in [5.41, 5.74) is 6.92. The Labute approximate surface area is 119 Å². The van der Waals surface area contributed by atoms with Gasteiger partial charge in [0.25, 0.3) is 5.91 Å².